The van der Waals surface area contributed by atoms with E-state index in [4.69, 9.17) is 4.74 Å². The first-order chi connectivity index (χ1) is 7.37. The largest absolute Gasteiger partial charge is 0.444 e. The predicted octanol–water partition coefficient (Wildman–Crippen LogP) is 1.64. The molecule has 0 aromatic carbocycles. The van der Waals surface area contributed by atoms with Crippen LogP contribution in [0.5, 0.6) is 0 Å². The summed E-state index contributed by atoms with van der Waals surface area (Å²) >= 11 is 0. The molecule has 1 aromatic rings. The minimum absolute atomic E-state index is 0.0344. The van der Waals surface area contributed by atoms with E-state index in [0.717, 1.165) is 6.07 Å². The van der Waals surface area contributed by atoms with Crippen molar-refractivity contribution >= 4 is 6.09 Å². The predicted molar refractivity (Wildman–Crippen MR) is 55.1 cm³/mol. The summed E-state index contributed by atoms with van der Waals surface area (Å²) in [6.07, 6.45) is 0.703. The van der Waals surface area contributed by atoms with Crippen molar-refractivity contribution in [1.82, 2.24) is 15.3 Å². The number of ether oxygens (including phenoxy) is 1. The van der Waals surface area contributed by atoms with Gasteiger partial charge in [0.1, 0.15) is 5.60 Å². The Morgan fingerprint density at radius 3 is 2.81 bits per heavy atom. The van der Waals surface area contributed by atoms with Crippen LogP contribution in [0.4, 0.5) is 9.18 Å². The van der Waals surface area contributed by atoms with Gasteiger partial charge in [0.25, 0.3) is 0 Å². The molecular weight excluding hydrogens is 213 g/mol. The molecule has 1 amide bonds. The lowest BCUT2D eigenvalue weighted by molar-refractivity contribution is 0.0522. The van der Waals surface area contributed by atoms with E-state index in [1.807, 2.05) is 0 Å². The summed E-state index contributed by atoms with van der Waals surface area (Å²) in [4.78, 5) is 18.5. The number of hydrogen-bond donors (Lipinski definition) is 1. The lowest BCUT2D eigenvalue weighted by Gasteiger charge is -2.19. The fraction of sp³-hybridized carbons (Fsp3) is 0.500. The topological polar surface area (TPSA) is 64.1 Å². The van der Waals surface area contributed by atoms with E-state index < -0.39 is 17.6 Å². The maximum atomic E-state index is 12.7. The molecule has 0 aliphatic rings. The molecule has 88 valence electrons. The third-order valence-corrected chi connectivity index (χ3v) is 1.46. The van der Waals surface area contributed by atoms with Gasteiger partial charge in [-0.2, -0.15) is 4.39 Å². The van der Waals surface area contributed by atoms with E-state index in [0.29, 0.717) is 0 Å². The number of aromatic nitrogens is 2. The van der Waals surface area contributed by atoms with Crippen LogP contribution in [0.15, 0.2) is 12.3 Å². The van der Waals surface area contributed by atoms with E-state index >= 15 is 0 Å². The lowest BCUT2D eigenvalue weighted by atomic mass is 10.2. The Labute approximate surface area is 93.1 Å². The van der Waals surface area contributed by atoms with Crippen molar-refractivity contribution in [2.75, 3.05) is 0 Å². The zero-order valence-electron chi connectivity index (χ0n) is 9.45. The minimum atomic E-state index is -0.629. The summed E-state index contributed by atoms with van der Waals surface area (Å²) in [5.74, 6) is -0.429. The molecule has 0 saturated carbocycles. The maximum Gasteiger partial charge on any atom is 0.408 e. The Hall–Kier alpha value is -1.72. The van der Waals surface area contributed by atoms with Crippen LogP contribution in [-0.4, -0.2) is 21.7 Å². The van der Waals surface area contributed by atoms with Crippen molar-refractivity contribution in [2.24, 2.45) is 0 Å². The van der Waals surface area contributed by atoms with Gasteiger partial charge in [-0.15, -0.1) is 0 Å². The smallest absolute Gasteiger partial charge is 0.408 e. The summed E-state index contributed by atoms with van der Waals surface area (Å²) in [5.41, 5.74) is -0.563. The summed E-state index contributed by atoms with van der Waals surface area (Å²) in [7, 11) is 0. The monoisotopic (exact) mass is 227 g/mol. The second-order valence-electron chi connectivity index (χ2n) is 4.15. The Morgan fingerprint density at radius 1 is 1.56 bits per heavy atom. The Bertz CT molecular complexity index is 377. The van der Waals surface area contributed by atoms with Crippen molar-refractivity contribution in [3.63, 3.8) is 0 Å². The first kappa shape index (κ1) is 12.4. The second kappa shape index (κ2) is 4.87. The number of carbonyl (C=O) groups is 1. The third-order valence-electron chi connectivity index (χ3n) is 1.46. The molecule has 0 unspecified atom stereocenters. The lowest BCUT2D eigenvalue weighted by Crippen LogP contribution is -2.32. The number of halogens is 1. The molecule has 0 fully saturated rings. The van der Waals surface area contributed by atoms with Crippen molar-refractivity contribution < 1.29 is 13.9 Å². The molecule has 1 aromatic heterocycles. The van der Waals surface area contributed by atoms with Crippen molar-refractivity contribution in [2.45, 2.75) is 32.9 Å². The third kappa shape index (κ3) is 4.68. The summed E-state index contributed by atoms with van der Waals surface area (Å²) in [6.45, 7) is 5.30. The molecule has 0 aliphatic carbocycles. The van der Waals surface area contributed by atoms with Gasteiger partial charge in [-0.05, 0) is 20.8 Å². The van der Waals surface area contributed by atoms with Crippen LogP contribution in [0, 0.1) is 5.95 Å². The first-order valence-corrected chi connectivity index (χ1v) is 4.81. The molecular formula is C10H14FN3O2. The standard InChI is InChI=1S/C10H14FN3O2/c1-10(2,3)16-9(15)13-6-8-12-5-4-7(11)14-8/h4-5H,6H2,1-3H3,(H,13,15). The number of nitrogens with zero attached hydrogens (tertiary/aromatic N) is 2. The number of hydrogen-bond acceptors (Lipinski definition) is 4. The average molecular weight is 227 g/mol. The van der Waals surface area contributed by atoms with Gasteiger partial charge in [-0.1, -0.05) is 0 Å². The highest BCUT2D eigenvalue weighted by Crippen LogP contribution is 2.06. The van der Waals surface area contributed by atoms with E-state index in [2.05, 4.69) is 15.3 Å². The summed E-state index contributed by atoms with van der Waals surface area (Å²) in [6, 6.07) is 1.14. The number of amides is 1. The Morgan fingerprint density at radius 2 is 2.25 bits per heavy atom. The molecule has 0 spiro atoms. The van der Waals surface area contributed by atoms with Gasteiger partial charge in [-0.25, -0.2) is 14.8 Å². The first-order valence-electron chi connectivity index (χ1n) is 4.81. The van der Waals surface area contributed by atoms with Gasteiger partial charge < -0.3 is 10.1 Å². The van der Waals surface area contributed by atoms with Crippen LogP contribution in [0.3, 0.4) is 0 Å². The SMILES string of the molecule is CC(C)(C)OC(=O)NCc1nccc(F)n1. The van der Waals surface area contributed by atoms with Crippen LogP contribution in [-0.2, 0) is 11.3 Å². The zero-order valence-corrected chi connectivity index (χ0v) is 9.45. The zero-order chi connectivity index (χ0) is 12.2. The van der Waals surface area contributed by atoms with Crippen molar-refractivity contribution in [3.05, 3.63) is 24.0 Å². The molecule has 1 heterocycles. The van der Waals surface area contributed by atoms with E-state index in [9.17, 15) is 9.18 Å². The molecule has 6 heteroatoms. The maximum absolute atomic E-state index is 12.7. The fourth-order valence-electron chi connectivity index (χ4n) is 0.925. The fourth-order valence-corrected chi connectivity index (χ4v) is 0.925. The van der Waals surface area contributed by atoms with Gasteiger partial charge >= 0.3 is 6.09 Å². The highest BCUT2D eigenvalue weighted by atomic mass is 19.1. The highest BCUT2D eigenvalue weighted by Gasteiger charge is 2.15. The van der Waals surface area contributed by atoms with Crippen LogP contribution in [0.25, 0.3) is 0 Å². The molecule has 0 radical (unpaired) electrons. The molecule has 0 saturated heterocycles. The van der Waals surface area contributed by atoms with Gasteiger partial charge in [0.2, 0.25) is 5.95 Å². The molecule has 0 aliphatic heterocycles. The molecule has 1 N–H and O–H groups in total. The van der Waals surface area contributed by atoms with E-state index in [1.54, 1.807) is 20.8 Å². The summed E-state index contributed by atoms with van der Waals surface area (Å²) in [5, 5.41) is 2.43. The van der Waals surface area contributed by atoms with Gasteiger partial charge in [0.05, 0.1) is 6.54 Å². The number of alkyl carbamates (subject to hydrolysis) is 1. The molecule has 5 nitrogen and oxygen atoms in total. The summed E-state index contributed by atoms with van der Waals surface area (Å²) < 4.78 is 17.7. The van der Waals surface area contributed by atoms with E-state index in [-0.39, 0.29) is 12.4 Å². The molecule has 0 bridgehead atoms. The van der Waals surface area contributed by atoms with Crippen LogP contribution < -0.4 is 5.32 Å². The highest BCUT2D eigenvalue weighted by molar-refractivity contribution is 5.67. The van der Waals surface area contributed by atoms with Gasteiger partial charge in [0.15, 0.2) is 5.82 Å². The Balaban J connectivity index is 2.43. The molecule has 1 rings (SSSR count). The second-order valence-corrected chi connectivity index (χ2v) is 4.15. The van der Waals surface area contributed by atoms with Crippen molar-refractivity contribution in [1.29, 1.82) is 0 Å². The van der Waals surface area contributed by atoms with Crippen LogP contribution in [0.2, 0.25) is 0 Å². The minimum Gasteiger partial charge on any atom is -0.444 e. The van der Waals surface area contributed by atoms with Gasteiger partial charge in [-0.3, -0.25) is 0 Å². The van der Waals surface area contributed by atoms with Crippen LogP contribution >= 0.6 is 0 Å². The number of nitrogens with one attached hydrogen (secondary N) is 1. The quantitative estimate of drug-likeness (QED) is 0.780. The van der Waals surface area contributed by atoms with Crippen LogP contribution in [0.1, 0.15) is 26.6 Å². The molecule has 0 atom stereocenters. The van der Waals surface area contributed by atoms with E-state index in [1.165, 1.54) is 6.20 Å². The van der Waals surface area contributed by atoms with Gasteiger partial charge in [0, 0.05) is 12.3 Å². The average Bonchev–Trinajstić information content (AvgIpc) is 2.12. The number of carbonyl (C=O) groups excluding carboxylic acids is 1. The molecule has 16 heavy (non-hydrogen) atoms. The normalized spacial score (nSPS) is 11.0. The Kier molecular flexibility index (Phi) is 3.76. The van der Waals surface area contributed by atoms with Crippen molar-refractivity contribution in [3.8, 4) is 0 Å². The number of rotatable bonds is 2.